The van der Waals surface area contributed by atoms with Crippen LogP contribution in [0.15, 0.2) is 9.90 Å². The molecule has 0 radical (unpaired) electrons. The molecule has 2 aromatic rings. The summed E-state index contributed by atoms with van der Waals surface area (Å²) in [5.41, 5.74) is 6.10. The molecule has 80 valence electrons. The molecular formula is C8H10N4O2S. The highest BCUT2D eigenvalue weighted by atomic mass is 32.1. The van der Waals surface area contributed by atoms with Crippen LogP contribution in [0.1, 0.15) is 12.7 Å². The van der Waals surface area contributed by atoms with Gasteiger partial charge in [0.2, 0.25) is 0 Å². The van der Waals surface area contributed by atoms with E-state index >= 15 is 0 Å². The maximum absolute atomic E-state index is 5.50. The quantitative estimate of drug-likeness (QED) is 0.845. The van der Waals surface area contributed by atoms with Crippen LogP contribution in [0.4, 0.5) is 5.13 Å². The van der Waals surface area contributed by atoms with Gasteiger partial charge in [0, 0.05) is 12.0 Å². The van der Waals surface area contributed by atoms with Gasteiger partial charge in [0.05, 0.1) is 0 Å². The molecule has 0 spiro atoms. The van der Waals surface area contributed by atoms with Gasteiger partial charge in [0.1, 0.15) is 12.3 Å². The smallest absolute Gasteiger partial charge is 0.277 e. The number of nitrogen functional groups attached to an aromatic ring is 1. The average molecular weight is 226 g/mol. The van der Waals surface area contributed by atoms with E-state index in [4.69, 9.17) is 15.0 Å². The summed E-state index contributed by atoms with van der Waals surface area (Å²) in [6.07, 6.45) is 0. The number of hydrogen-bond donors (Lipinski definition) is 1. The number of rotatable bonds is 4. The van der Waals surface area contributed by atoms with E-state index < -0.39 is 0 Å². The summed E-state index contributed by atoms with van der Waals surface area (Å²) in [4.78, 5) is 8.15. The molecule has 0 saturated carbocycles. The first-order valence-electron chi connectivity index (χ1n) is 4.41. The number of aromatic nitrogens is 3. The number of thiazole rings is 1. The fraction of sp³-hybridized carbons (Fsp3) is 0.375. The number of hydrogen-bond acceptors (Lipinski definition) is 7. The van der Waals surface area contributed by atoms with Crippen molar-refractivity contribution in [3.63, 3.8) is 0 Å². The van der Waals surface area contributed by atoms with Gasteiger partial charge in [-0.15, -0.1) is 11.3 Å². The van der Waals surface area contributed by atoms with Gasteiger partial charge in [0.25, 0.3) is 5.89 Å². The van der Waals surface area contributed by atoms with Crippen LogP contribution in [0, 0.1) is 0 Å². The van der Waals surface area contributed by atoms with Crippen molar-refractivity contribution in [1.29, 1.82) is 0 Å². The molecule has 6 nitrogen and oxygen atoms in total. The van der Waals surface area contributed by atoms with Crippen molar-refractivity contribution in [1.82, 2.24) is 15.1 Å². The van der Waals surface area contributed by atoms with Crippen LogP contribution in [0.25, 0.3) is 11.6 Å². The molecule has 0 aliphatic carbocycles. The SMILES string of the molecule is CCOCc1noc(-c2csc(N)n2)n1. The first-order chi connectivity index (χ1) is 7.29. The lowest BCUT2D eigenvalue weighted by Gasteiger charge is -1.91. The van der Waals surface area contributed by atoms with Crippen LogP contribution < -0.4 is 5.73 Å². The van der Waals surface area contributed by atoms with Gasteiger partial charge in [-0.25, -0.2) is 4.98 Å². The average Bonchev–Trinajstić information content (AvgIpc) is 2.83. The van der Waals surface area contributed by atoms with Crippen molar-refractivity contribution >= 4 is 16.5 Å². The normalized spacial score (nSPS) is 10.7. The van der Waals surface area contributed by atoms with Crippen LogP contribution in [0.5, 0.6) is 0 Å². The van der Waals surface area contributed by atoms with Gasteiger partial charge in [-0.2, -0.15) is 4.98 Å². The van der Waals surface area contributed by atoms with Gasteiger partial charge in [-0.3, -0.25) is 0 Å². The van der Waals surface area contributed by atoms with Gasteiger partial charge >= 0.3 is 0 Å². The fourth-order valence-electron chi connectivity index (χ4n) is 0.996. The molecule has 0 aliphatic heterocycles. The molecule has 0 aliphatic rings. The Morgan fingerprint density at radius 3 is 3.07 bits per heavy atom. The molecule has 15 heavy (non-hydrogen) atoms. The van der Waals surface area contributed by atoms with Crippen molar-refractivity contribution in [2.45, 2.75) is 13.5 Å². The summed E-state index contributed by atoms with van der Waals surface area (Å²) in [5, 5.41) is 6.00. The summed E-state index contributed by atoms with van der Waals surface area (Å²) in [7, 11) is 0. The largest absolute Gasteiger partial charge is 0.375 e. The number of nitrogens with two attached hydrogens (primary N) is 1. The molecule has 0 fully saturated rings. The summed E-state index contributed by atoms with van der Waals surface area (Å²) in [6, 6.07) is 0. The Hall–Kier alpha value is -1.47. The van der Waals surface area contributed by atoms with E-state index in [9.17, 15) is 0 Å². The van der Waals surface area contributed by atoms with Crippen molar-refractivity contribution in [2.24, 2.45) is 0 Å². The Balaban J connectivity index is 2.13. The predicted molar refractivity (Wildman–Crippen MR) is 55.1 cm³/mol. The third-order valence-electron chi connectivity index (χ3n) is 1.64. The molecule has 0 amide bonds. The third-order valence-corrected chi connectivity index (χ3v) is 2.32. The molecule has 2 N–H and O–H groups in total. The molecule has 2 aromatic heterocycles. The molecule has 2 heterocycles. The zero-order valence-electron chi connectivity index (χ0n) is 8.14. The lowest BCUT2D eigenvalue weighted by Crippen LogP contribution is -1.93. The summed E-state index contributed by atoms with van der Waals surface area (Å²) in [6.45, 7) is 2.87. The monoisotopic (exact) mass is 226 g/mol. The van der Waals surface area contributed by atoms with E-state index in [1.165, 1.54) is 11.3 Å². The summed E-state index contributed by atoms with van der Waals surface area (Å²) < 4.78 is 10.2. The zero-order chi connectivity index (χ0) is 10.7. The maximum Gasteiger partial charge on any atom is 0.277 e. The Morgan fingerprint density at radius 2 is 2.40 bits per heavy atom. The Kier molecular flexibility index (Phi) is 2.93. The van der Waals surface area contributed by atoms with Crippen molar-refractivity contribution in [3.05, 3.63) is 11.2 Å². The topological polar surface area (TPSA) is 87.1 Å². The van der Waals surface area contributed by atoms with Crippen molar-refractivity contribution in [2.75, 3.05) is 12.3 Å². The van der Waals surface area contributed by atoms with Gasteiger partial charge in [-0.1, -0.05) is 5.16 Å². The molecule has 0 bridgehead atoms. The molecule has 0 saturated heterocycles. The van der Waals surface area contributed by atoms with Crippen molar-refractivity contribution in [3.8, 4) is 11.6 Å². The lowest BCUT2D eigenvalue weighted by atomic mass is 10.5. The van der Waals surface area contributed by atoms with Crippen LogP contribution in [0.2, 0.25) is 0 Å². The highest BCUT2D eigenvalue weighted by molar-refractivity contribution is 7.13. The minimum absolute atomic E-state index is 0.347. The van der Waals surface area contributed by atoms with Gasteiger partial charge in [-0.05, 0) is 6.92 Å². The second-order valence-corrected chi connectivity index (χ2v) is 3.61. The summed E-state index contributed by atoms with van der Waals surface area (Å²) in [5.74, 6) is 0.885. The van der Waals surface area contributed by atoms with Gasteiger partial charge < -0.3 is 15.0 Å². The number of nitrogens with zero attached hydrogens (tertiary/aromatic N) is 3. The van der Waals surface area contributed by atoms with E-state index in [0.29, 0.717) is 35.8 Å². The molecule has 0 aromatic carbocycles. The Bertz CT molecular complexity index is 439. The minimum atomic E-state index is 0.347. The first-order valence-corrected chi connectivity index (χ1v) is 5.29. The lowest BCUT2D eigenvalue weighted by molar-refractivity contribution is 0.126. The standard InChI is InChI=1S/C8H10N4O2S/c1-2-13-3-6-11-7(14-12-6)5-4-15-8(9)10-5/h4H,2-3H2,1H3,(H2,9,10). The Morgan fingerprint density at radius 1 is 1.53 bits per heavy atom. The fourth-order valence-corrected chi connectivity index (χ4v) is 1.53. The maximum atomic E-state index is 5.50. The van der Waals surface area contributed by atoms with Crippen LogP contribution in [-0.2, 0) is 11.3 Å². The molecular weight excluding hydrogens is 216 g/mol. The molecule has 2 rings (SSSR count). The highest BCUT2D eigenvalue weighted by Gasteiger charge is 2.11. The second kappa shape index (κ2) is 4.37. The molecule has 7 heteroatoms. The van der Waals surface area contributed by atoms with Gasteiger partial charge in [0.15, 0.2) is 11.0 Å². The predicted octanol–water partition coefficient (Wildman–Crippen LogP) is 1.31. The van der Waals surface area contributed by atoms with Crippen LogP contribution >= 0.6 is 11.3 Å². The molecule has 0 atom stereocenters. The van der Waals surface area contributed by atoms with Crippen LogP contribution in [0.3, 0.4) is 0 Å². The van der Waals surface area contributed by atoms with E-state index in [1.807, 2.05) is 6.92 Å². The van der Waals surface area contributed by atoms with E-state index in [-0.39, 0.29) is 0 Å². The van der Waals surface area contributed by atoms with E-state index in [2.05, 4.69) is 15.1 Å². The Labute approximate surface area is 90.1 Å². The number of anilines is 1. The summed E-state index contributed by atoms with van der Waals surface area (Å²) >= 11 is 1.33. The van der Waals surface area contributed by atoms with E-state index in [0.717, 1.165) is 0 Å². The zero-order valence-corrected chi connectivity index (χ0v) is 8.95. The number of ether oxygens (including phenoxy) is 1. The third kappa shape index (κ3) is 2.31. The second-order valence-electron chi connectivity index (χ2n) is 2.72. The van der Waals surface area contributed by atoms with E-state index in [1.54, 1.807) is 5.38 Å². The first kappa shape index (κ1) is 10.1. The highest BCUT2D eigenvalue weighted by Crippen LogP contribution is 2.21. The van der Waals surface area contributed by atoms with Crippen LogP contribution in [-0.4, -0.2) is 21.7 Å². The minimum Gasteiger partial charge on any atom is -0.375 e. The molecule has 0 unspecified atom stereocenters. The van der Waals surface area contributed by atoms with Crippen molar-refractivity contribution < 1.29 is 9.26 Å².